The molecule has 0 atom stereocenters. The lowest BCUT2D eigenvalue weighted by atomic mass is 10.1. The summed E-state index contributed by atoms with van der Waals surface area (Å²) in [6.45, 7) is 0. The fraction of sp³-hybridized carbons (Fsp3) is 0.462. The first-order valence-electron chi connectivity index (χ1n) is 5.82. The van der Waals surface area contributed by atoms with Crippen LogP contribution in [0, 0.1) is 0 Å². The highest BCUT2D eigenvalue weighted by atomic mass is 79.9. The Balaban J connectivity index is 2.15. The van der Waals surface area contributed by atoms with Crippen LogP contribution in [0.25, 0.3) is 0 Å². The summed E-state index contributed by atoms with van der Waals surface area (Å²) in [4.78, 5) is 14.1. The van der Waals surface area contributed by atoms with Crippen LogP contribution in [0.2, 0.25) is 5.02 Å². The normalized spacial score (nSPS) is 16.2. The number of amides is 1. The first kappa shape index (κ1) is 12.9. The molecule has 0 heterocycles. The van der Waals surface area contributed by atoms with Gasteiger partial charge in [-0.25, -0.2) is 0 Å². The second kappa shape index (κ2) is 5.40. The Morgan fingerprint density at radius 1 is 1.41 bits per heavy atom. The van der Waals surface area contributed by atoms with Crippen molar-refractivity contribution >= 4 is 33.4 Å². The molecule has 1 aliphatic carbocycles. The predicted octanol–water partition coefficient (Wildman–Crippen LogP) is 4.12. The maximum Gasteiger partial charge on any atom is 0.253 e. The number of hydrogen-bond donors (Lipinski definition) is 0. The minimum Gasteiger partial charge on any atom is -0.339 e. The average molecular weight is 317 g/mol. The summed E-state index contributed by atoms with van der Waals surface area (Å²) in [7, 11) is 1.89. The zero-order valence-electron chi connectivity index (χ0n) is 9.75. The van der Waals surface area contributed by atoms with E-state index in [0.29, 0.717) is 16.6 Å². The molecule has 1 aromatic rings. The van der Waals surface area contributed by atoms with Gasteiger partial charge in [-0.05, 0) is 47.0 Å². The average Bonchev–Trinajstić information content (AvgIpc) is 2.84. The molecule has 0 spiro atoms. The lowest BCUT2D eigenvalue weighted by Gasteiger charge is -2.24. The Morgan fingerprint density at radius 3 is 2.65 bits per heavy atom. The zero-order chi connectivity index (χ0) is 12.4. The minimum absolute atomic E-state index is 0.0780. The molecule has 0 unspecified atom stereocenters. The molecule has 4 heteroatoms. The van der Waals surface area contributed by atoms with E-state index in [4.69, 9.17) is 11.6 Å². The van der Waals surface area contributed by atoms with Crippen molar-refractivity contribution in [1.82, 2.24) is 4.90 Å². The van der Waals surface area contributed by atoms with Gasteiger partial charge in [-0.2, -0.15) is 0 Å². The molecule has 2 rings (SSSR count). The van der Waals surface area contributed by atoms with E-state index >= 15 is 0 Å². The number of nitrogens with zero attached hydrogens (tertiary/aromatic N) is 1. The maximum absolute atomic E-state index is 12.3. The minimum atomic E-state index is 0.0780. The Labute approximate surface area is 115 Å². The number of benzene rings is 1. The summed E-state index contributed by atoms with van der Waals surface area (Å²) in [5, 5.41) is 0.630. The topological polar surface area (TPSA) is 20.3 Å². The number of carbonyl (C=O) groups is 1. The molecule has 0 bridgehead atoms. The molecule has 0 radical (unpaired) electrons. The zero-order valence-corrected chi connectivity index (χ0v) is 12.1. The molecule has 0 aliphatic heterocycles. The van der Waals surface area contributed by atoms with Crippen LogP contribution in [0.1, 0.15) is 36.0 Å². The molecule has 0 saturated heterocycles. The third-order valence-corrected chi connectivity index (χ3v) is 4.57. The van der Waals surface area contributed by atoms with Gasteiger partial charge in [0.15, 0.2) is 0 Å². The van der Waals surface area contributed by atoms with E-state index in [-0.39, 0.29) is 5.91 Å². The van der Waals surface area contributed by atoms with Gasteiger partial charge >= 0.3 is 0 Å². The fourth-order valence-corrected chi connectivity index (χ4v) is 2.79. The van der Waals surface area contributed by atoms with Gasteiger partial charge in [-0.3, -0.25) is 4.79 Å². The molecule has 92 valence electrons. The summed E-state index contributed by atoms with van der Waals surface area (Å²) >= 11 is 9.26. The molecule has 2 nitrogen and oxygen atoms in total. The first-order valence-corrected chi connectivity index (χ1v) is 6.99. The van der Waals surface area contributed by atoms with Gasteiger partial charge in [0.25, 0.3) is 5.91 Å². The van der Waals surface area contributed by atoms with Gasteiger partial charge in [0.05, 0.1) is 5.02 Å². The summed E-state index contributed by atoms with van der Waals surface area (Å²) in [6, 6.07) is 5.72. The van der Waals surface area contributed by atoms with E-state index in [9.17, 15) is 4.79 Å². The highest BCUT2D eigenvalue weighted by molar-refractivity contribution is 9.10. The van der Waals surface area contributed by atoms with Gasteiger partial charge in [-0.15, -0.1) is 0 Å². The van der Waals surface area contributed by atoms with Gasteiger partial charge in [0.2, 0.25) is 0 Å². The Kier molecular flexibility index (Phi) is 4.10. The Hall–Kier alpha value is -0.540. The van der Waals surface area contributed by atoms with Crippen molar-refractivity contribution in [1.29, 1.82) is 0 Å². The van der Waals surface area contributed by atoms with Crippen molar-refractivity contribution in [2.24, 2.45) is 0 Å². The molecule has 1 fully saturated rings. The van der Waals surface area contributed by atoms with E-state index in [2.05, 4.69) is 15.9 Å². The lowest BCUT2D eigenvalue weighted by Crippen LogP contribution is -2.35. The standard InChI is InChI=1S/C13H15BrClNO/c1-16(10-4-2-3-5-10)13(17)9-6-7-12(15)11(14)8-9/h6-8,10H,2-5H2,1H3. The Bertz CT molecular complexity index is 429. The molecular weight excluding hydrogens is 302 g/mol. The van der Waals surface area contributed by atoms with Crippen molar-refractivity contribution in [2.45, 2.75) is 31.7 Å². The van der Waals surface area contributed by atoms with Crippen molar-refractivity contribution in [3.63, 3.8) is 0 Å². The fourth-order valence-electron chi connectivity index (χ4n) is 2.29. The van der Waals surface area contributed by atoms with Crippen molar-refractivity contribution in [2.75, 3.05) is 7.05 Å². The van der Waals surface area contributed by atoms with Crippen molar-refractivity contribution in [3.8, 4) is 0 Å². The van der Waals surface area contributed by atoms with Crippen LogP contribution in [-0.2, 0) is 0 Å². The van der Waals surface area contributed by atoms with Crippen LogP contribution in [0.15, 0.2) is 22.7 Å². The Morgan fingerprint density at radius 2 is 2.06 bits per heavy atom. The van der Waals surface area contributed by atoms with Crippen LogP contribution in [0.5, 0.6) is 0 Å². The summed E-state index contributed by atoms with van der Waals surface area (Å²) in [5.74, 6) is 0.0780. The molecule has 1 amide bonds. The van der Waals surface area contributed by atoms with Gasteiger partial charge in [0.1, 0.15) is 0 Å². The summed E-state index contributed by atoms with van der Waals surface area (Å²) < 4.78 is 0.768. The monoisotopic (exact) mass is 315 g/mol. The molecule has 0 aromatic heterocycles. The third kappa shape index (κ3) is 2.83. The van der Waals surface area contributed by atoms with Gasteiger partial charge in [-0.1, -0.05) is 24.4 Å². The van der Waals surface area contributed by atoms with E-state index < -0.39 is 0 Å². The highest BCUT2D eigenvalue weighted by Gasteiger charge is 2.24. The molecular formula is C13H15BrClNO. The van der Waals surface area contributed by atoms with Crippen LogP contribution >= 0.6 is 27.5 Å². The lowest BCUT2D eigenvalue weighted by molar-refractivity contribution is 0.0735. The van der Waals surface area contributed by atoms with Crippen LogP contribution in [0.3, 0.4) is 0 Å². The van der Waals surface area contributed by atoms with Gasteiger partial charge < -0.3 is 4.90 Å². The van der Waals surface area contributed by atoms with Crippen LogP contribution in [0.4, 0.5) is 0 Å². The maximum atomic E-state index is 12.3. The van der Waals surface area contributed by atoms with E-state index in [0.717, 1.165) is 17.3 Å². The van der Waals surface area contributed by atoms with Crippen molar-refractivity contribution < 1.29 is 4.79 Å². The number of rotatable bonds is 2. The van der Waals surface area contributed by atoms with Crippen LogP contribution in [-0.4, -0.2) is 23.9 Å². The molecule has 0 N–H and O–H groups in total. The van der Waals surface area contributed by atoms with Gasteiger partial charge in [0, 0.05) is 23.1 Å². The van der Waals surface area contributed by atoms with E-state index in [1.165, 1.54) is 12.8 Å². The first-order chi connectivity index (χ1) is 8.09. The number of hydrogen-bond acceptors (Lipinski definition) is 1. The summed E-state index contributed by atoms with van der Waals surface area (Å²) in [5.41, 5.74) is 0.690. The van der Waals surface area contributed by atoms with Crippen LogP contribution < -0.4 is 0 Å². The number of carbonyl (C=O) groups excluding carboxylic acids is 1. The second-order valence-electron chi connectivity index (χ2n) is 4.48. The third-order valence-electron chi connectivity index (χ3n) is 3.36. The predicted molar refractivity (Wildman–Crippen MR) is 73.5 cm³/mol. The number of halogens is 2. The highest BCUT2D eigenvalue weighted by Crippen LogP contribution is 2.26. The smallest absolute Gasteiger partial charge is 0.253 e. The largest absolute Gasteiger partial charge is 0.339 e. The summed E-state index contributed by atoms with van der Waals surface area (Å²) in [6.07, 6.45) is 4.70. The SMILES string of the molecule is CN(C(=O)c1ccc(Cl)c(Br)c1)C1CCCC1. The quantitative estimate of drug-likeness (QED) is 0.804. The molecule has 1 saturated carbocycles. The molecule has 17 heavy (non-hydrogen) atoms. The molecule has 1 aromatic carbocycles. The van der Waals surface area contributed by atoms with Crippen molar-refractivity contribution in [3.05, 3.63) is 33.3 Å². The molecule has 1 aliphatic rings. The van der Waals surface area contributed by atoms with E-state index in [1.54, 1.807) is 18.2 Å². The second-order valence-corrected chi connectivity index (χ2v) is 5.74. The van der Waals surface area contributed by atoms with E-state index in [1.807, 2.05) is 11.9 Å².